The Morgan fingerprint density at radius 3 is 2.75 bits per heavy atom. The zero-order chi connectivity index (χ0) is 20.3. The number of aromatic amines is 1. The molecule has 0 saturated carbocycles. The molecule has 0 aliphatic heterocycles. The van der Waals surface area contributed by atoms with Crippen molar-refractivity contribution in [3.05, 3.63) is 52.2 Å². The fraction of sp³-hybridized carbons (Fsp3) is 0.316. The first-order chi connectivity index (χ1) is 13.4. The second-order valence-electron chi connectivity index (χ2n) is 6.46. The van der Waals surface area contributed by atoms with E-state index in [0.717, 1.165) is 16.8 Å². The Morgan fingerprint density at radius 2 is 2.04 bits per heavy atom. The molecule has 146 valence electrons. The highest BCUT2D eigenvalue weighted by Gasteiger charge is 2.22. The summed E-state index contributed by atoms with van der Waals surface area (Å²) < 4.78 is 4.90. The number of carbonyl (C=O) groups is 2. The van der Waals surface area contributed by atoms with Gasteiger partial charge >= 0.3 is 5.97 Å². The van der Waals surface area contributed by atoms with Gasteiger partial charge in [0.1, 0.15) is 6.61 Å². The van der Waals surface area contributed by atoms with Crippen LogP contribution in [0.3, 0.4) is 0 Å². The van der Waals surface area contributed by atoms with Gasteiger partial charge in [0.15, 0.2) is 5.78 Å². The first-order valence-corrected chi connectivity index (χ1v) is 8.85. The molecular formula is C19H22N6O3. The molecule has 3 aromatic rings. The van der Waals surface area contributed by atoms with Crippen LogP contribution in [0.5, 0.6) is 0 Å². The molecule has 0 radical (unpaired) electrons. The number of hydrogen-bond acceptors (Lipinski definition) is 7. The van der Waals surface area contributed by atoms with E-state index in [9.17, 15) is 9.59 Å². The zero-order valence-corrected chi connectivity index (χ0v) is 16.0. The fourth-order valence-electron chi connectivity index (χ4n) is 2.98. The molecule has 0 unspecified atom stereocenters. The van der Waals surface area contributed by atoms with Gasteiger partial charge in [-0.25, -0.2) is 0 Å². The normalized spacial score (nSPS) is 10.9. The van der Waals surface area contributed by atoms with E-state index in [-0.39, 0.29) is 25.5 Å². The van der Waals surface area contributed by atoms with Gasteiger partial charge in [-0.1, -0.05) is 23.8 Å². The van der Waals surface area contributed by atoms with E-state index in [1.807, 2.05) is 39.0 Å². The van der Waals surface area contributed by atoms with E-state index >= 15 is 0 Å². The predicted molar refractivity (Wildman–Crippen MR) is 102 cm³/mol. The number of H-pyrrole nitrogens is 1. The van der Waals surface area contributed by atoms with E-state index in [1.54, 1.807) is 6.07 Å². The van der Waals surface area contributed by atoms with Crippen molar-refractivity contribution in [1.29, 1.82) is 0 Å². The van der Waals surface area contributed by atoms with Gasteiger partial charge in [0.25, 0.3) is 0 Å². The van der Waals surface area contributed by atoms with Crippen LogP contribution >= 0.6 is 0 Å². The van der Waals surface area contributed by atoms with Crippen molar-refractivity contribution in [2.24, 2.45) is 5.73 Å². The Balaban J connectivity index is 1.82. The van der Waals surface area contributed by atoms with E-state index in [0.29, 0.717) is 22.6 Å². The number of ketones is 1. The summed E-state index contributed by atoms with van der Waals surface area (Å²) in [6, 6.07) is 7.49. The lowest BCUT2D eigenvalue weighted by Crippen LogP contribution is -2.19. The second kappa shape index (κ2) is 8.13. The number of nitrogens with two attached hydrogens (primary N) is 1. The first kappa shape index (κ1) is 19.4. The van der Waals surface area contributed by atoms with Crippen molar-refractivity contribution in [2.45, 2.75) is 27.3 Å². The summed E-state index contributed by atoms with van der Waals surface area (Å²) in [6.45, 7) is 5.83. The van der Waals surface area contributed by atoms with Gasteiger partial charge in [-0.3, -0.25) is 9.59 Å². The molecule has 0 bridgehead atoms. The third-order valence-electron chi connectivity index (χ3n) is 4.34. The van der Waals surface area contributed by atoms with Gasteiger partial charge in [0, 0.05) is 16.8 Å². The summed E-state index contributed by atoms with van der Waals surface area (Å²) in [5.74, 6) is -0.174. The largest absolute Gasteiger partial charge is 0.463 e. The van der Waals surface area contributed by atoms with Crippen molar-refractivity contribution < 1.29 is 14.3 Å². The van der Waals surface area contributed by atoms with Crippen LogP contribution in [-0.4, -0.2) is 50.1 Å². The molecule has 9 heteroatoms. The monoisotopic (exact) mass is 382 g/mol. The maximum absolute atomic E-state index is 13.0. The van der Waals surface area contributed by atoms with Gasteiger partial charge in [0.05, 0.1) is 18.8 Å². The van der Waals surface area contributed by atoms with Crippen LogP contribution in [-0.2, 0) is 16.1 Å². The van der Waals surface area contributed by atoms with Crippen LogP contribution in [0, 0.1) is 20.8 Å². The zero-order valence-electron chi connectivity index (χ0n) is 16.0. The number of esters is 1. The summed E-state index contributed by atoms with van der Waals surface area (Å²) in [5, 5.41) is 12.3. The molecule has 3 N–H and O–H groups in total. The van der Waals surface area contributed by atoms with Crippen LogP contribution in [0.25, 0.3) is 11.5 Å². The van der Waals surface area contributed by atoms with Crippen molar-refractivity contribution in [3.8, 4) is 11.5 Å². The van der Waals surface area contributed by atoms with E-state index in [2.05, 4.69) is 20.4 Å². The SMILES string of the molecule is Cc1cccc(C(=O)c2c(C)[nH]c(-c3nnn(CCOC(=O)CN)n3)c2C)c1. The molecule has 0 saturated heterocycles. The van der Waals surface area contributed by atoms with Gasteiger partial charge < -0.3 is 15.5 Å². The van der Waals surface area contributed by atoms with Crippen LogP contribution in [0.15, 0.2) is 24.3 Å². The molecular weight excluding hydrogens is 360 g/mol. The molecule has 2 heterocycles. The van der Waals surface area contributed by atoms with Gasteiger partial charge in [-0.05, 0) is 37.6 Å². The maximum Gasteiger partial charge on any atom is 0.319 e. The lowest BCUT2D eigenvalue weighted by Gasteiger charge is -2.03. The highest BCUT2D eigenvalue weighted by atomic mass is 16.5. The number of aryl methyl sites for hydroxylation is 2. The summed E-state index contributed by atoms with van der Waals surface area (Å²) in [4.78, 5) is 28.6. The minimum atomic E-state index is -0.490. The van der Waals surface area contributed by atoms with Gasteiger partial charge in [0.2, 0.25) is 5.82 Å². The van der Waals surface area contributed by atoms with Crippen molar-refractivity contribution in [3.63, 3.8) is 0 Å². The van der Waals surface area contributed by atoms with E-state index in [4.69, 9.17) is 10.5 Å². The summed E-state index contributed by atoms with van der Waals surface area (Å²) in [7, 11) is 0. The Kier molecular flexibility index (Phi) is 5.65. The van der Waals surface area contributed by atoms with Crippen LogP contribution in [0.2, 0.25) is 0 Å². The fourth-order valence-corrected chi connectivity index (χ4v) is 2.98. The molecule has 0 spiro atoms. The average Bonchev–Trinajstić information content (AvgIpc) is 3.25. The summed E-state index contributed by atoms with van der Waals surface area (Å²) in [6.07, 6.45) is 0. The van der Waals surface area contributed by atoms with Crippen molar-refractivity contribution in [1.82, 2.24) is 25.2 Å². The van der Waals surface area contributed by atoms with E-state index < -0.39 is 5.97 Å². The molecule has 0 fully saturated rings. The number of benzene rings is 1. The molecule has 0 atom stereocenters. The molecule has 0 amide bonds. The summed E-state index contributed by atoms with van der Waals surface area (Å²) in [5.41, 5.74) is 9.59. The first-order valence-electron chi connectivity index (χ1n) is 8.85. The van der Waals surface area contributed by atoms with E-state index in [1.165, 1.54) is 4.80 Å². The number of carbonyl (C=O) groups excluding carboxylic acids is 2. The molecule has 0 aliphatic carbocycles. The molecule has 2 aromatic heterocycles. The van der Waals surface area contributed by atoms with Crippen LogP contribution in [0.4, 0.5) is 0 Å². The molecule has 1 aromatic carbocycles. The predicted octanol–water partition coefficient (Wildman–Crippen LogP) is 1.33. The molecule has 9 nitrogen and oxygen atoms in total. The number of hydrogen-bond donors (Lipinski definition) is 2. The lowest BCUT2D eigenvalue weighted by molar-refractivity contribution is -0.142. The molecule has 3 rings (SSSR count). The third kappa shape index (κ3) is 3.99. The number of aromatic nitrogens is 5. The van der Waals surface area contributed by atoms with Gasteiger partial charge in [-0.15, -0.1) is 10.2 Å². The highest BCUT2D eigenvalue weighted by molar-refractivity contribution is 6.11. The quantitative estimate of drug-likeness (QED) is 0.466. The Morgan fingerprint density at radius 1 is 1.25 bits per heavy atom. The molecule has 28 heavy (non-hydrogen) atoms. The van der Waals surface area contributed by atoms with Crippen LogP contribution in [0.1, 0.15) is 32.7 Å². The van der Waals surface area contributed by atoms with Crippen molar-refractivity contribution in [2.75, 3.05) is 13.2 Å². The number of nitrogens with one attached hydrogen (secondary N) is 1. The highest BCUT2D eigenvalue weighted by Crippen LogP contribution is 2.27. The standard InChI is InChI=1S/C19H22N6O3/c1-11-5-4-6-14(9-11)18(27)16-12(2)17(21-13(16)3)19-22-24-25(23-19)7-8-28-15(26)10-20/h4-6,9,21H,7-8,10,20H2,1-3H3. The Bertz CT molecular complexity index is 1020. The smallest absolute Gasteiger partial charge is 0.319 e. The lowest BCUT2D eigenvalue weighted by atomic mass is 9.98. The van der Waals surface area contributed by atoms with Crippen LogP contribution < -0.4 is 5.73 Å². The van der Waals surface area contributed by atoms with Gasteiger partial charge in [-0.2, -0.15) is 4.80 Å². The molecule has 0 aliphatic rings. The Hall–Kier alpha value is -3.33. The minimum absolute atomic E-state index is 0.0534. The minimum Gasteiger partial charge on any atom is -0.463 e. The van der Waals surface area contributed by atoms with Crippen molar-refractivity contribution >= 4 is 11.8 Å². The second-order valence-corrected chi connectivity index (χ2v) is 6.46. The summed E-state index contributed by atoms with van der Waals surface area (Å²) >= 11 is 0. The topological polar surface area (TPSA) is 129 Å². The third-order valence-corrected chi connectivity index (χ3v) is 4.34. The number of rotatable bonds is 7. The average molecular weight is 382 g/mol. The Labute approximate surface area is 161 Å². The number of ether oxygens (including phenoxy) is 1. The number of nitrogens with zero attached hydrogens (tertiary/aromatic N) is 4. The maximum atomic E-state index is 13.0. The number of tetrazole rings is 1.